The summed E-state index contributed by atoms with van der Waals surface area (Å²) < 4.78 is 0. The summed E-state index contributed by atoms with van der Waals surface area (Å²) in [7, 11) is 0. The molecule has 0 unspecified atom stereocenters. The highest BCUT2D eigenvalue weighted by Crippen LogP contribution is 2.44. The van der Waals surface area contributed by atoms with Gasteiger partial charge in [-0.05, 0) is 24.3 Å². The molecular weight excluding hydrogens is 383 g/mol. The number of hydrogen-bond donors (Lipinski definition) is 1. The van der Waals surface area contributed by atoms with Gasteiger partial charge in [-0.25, -0.2) is 4.98 Å². The van der Waals surface area contributed by atoms with Crippen molar-refractivity contribution in [1.82, 2.24) is 4.98 Å². The van der Waals surface area contributed by atoms with Gasteiger partial charge in [-0.15, -0.1) is 23.1 Å². The number of aromatic nitrogens is 1. The summed E-state index contributed by atoms with van der Waals surface area (Å²) in [6.07, 6.45) is 0. The van der Waals surface area contributed by atoms with Crippen LogP contribution in [-0.2, 0) is 5.75 Å². The standard InChI is InChI=1S/C17H10Cl2N2OS2/c18-9-5-6-12(19)11(7-9)16(22)21-17-20-15-10-3-1-2-4-13(10)23-8-14(15)24-17/h1-7H,8H2,(H,20,21,22). The smallest absolute Gasteiger partial charge is 0.259 e. The number of halogens is 2. The molecule has 0 fully saturated rings. The molecule has 120 valence electrons. The van der Waals surface area contributed by atoms with Gasteiger partial charge in [-0.3, -0.25) is 10.1 Å². The highest BCUT2D eigenvalue weighted by molar-refractivity contribution is 7.98. The Morgan fingerprint density at radius 1 is 1.17 bits per heavy atom. The third-order valence-electron chi connectivity index (χ3n) is 3.59. The first-order chi connectivity index (χ1) is 11.6. The van der Waals surface area contributed by atoms with Gasteiger partial charge in [0.05, 0.1) is 16.3 Å². The monoisotopic (exact) mass is 392 g/mol. The number of amides is 1. The first-order valence-corrected chi connectivity index (χ1v) is 9.66. The first kappa shape index (κ1) is 16.0. The highest BCUT2D eigenvalue weighted by Gasteiger charge is 2.22. The van der Waals surface area contributed by atoms with Crippen molar-refractivity contribution >= 4 is 57.3 Å². The van der Waals surface area contributed by atoms with Gasteiger partial charge in [0.1, 0.15) is 0 Å². The summed E-state index contributed by atoms with van der Waals surface area (Å²) in [4.78, 5) is 19.4. The minimum atomic E-state index is -0.311. The average Bonchev–Trinajstić information content (AvgIpc) is 3.00. The van der Waals surface area contributed by atoms with E-state index in [9.17, 15) is 4.79 Å². The summed E-state index contributed by atoms with van der Waals surface area (Å²) in [6, 6.07) is 13.0. The summed E-state index contributed by atoms with van der Waals surface area (Å²) in [5.74, 6) is 0.548. The van der Waals surface area contributed by atoms with Gasteiger partial charge in [-0.1, -0.05) is 41.4 Å². The van der Waals surface area contributed by atoms with Crippen LogP contribution in [-0.4, -0.2) is 10.9 Å². The van der Waals surface area contributed by atoms with Crippen molar-refractivity contribution in [2.75, 3.05) is 5.32 Å². The molecule has 24 heavy (non-hydrogen) atoms. The number of carbonyl (C=O) groups excluding carboxylic acids is 1. The lowest BCUT2D eigenvalue weighted by molar-refractivity contribution is 0.102. The van der Waals surface area contributed by atoms with Gasteiger partial charge in [0.15, 0.2) is 5.13 Å². The second-order valence-corrected chi connectivity index (χ2v) is 8.10. The fourth-order valence-electron chi connectivity index (χ4n) is 2.48. The molecule has 2 aromatic carbocycles. The lowest BCUT2D eigenvalue weighted by atomic mass is 10.1. The van der Waals surface area contributed by atoms with E-state index < -0.39 is 0 Å². The summed E-state index contributed by atoms with van der Waals surface area (Å²) in [5, 5.41) is 4.22. The zero-order chi connectivity index (χ0) is 16.7. The third-order valence-corrected chi connectivity index (χ3v) is 6.41. The van der Waals surface area contributed by atoms with Crippen LogP contribution >= 0.6 is 46.3 Å². The SMILES string of the molecule is O=C(Nc1nc2c(s1)CSc1ccccc1-2)c1cc(Cl)ccc1Cl. The Morgan fingerprint density at radius 3 is 2.88 bits per heavy atom. The Hall–Kier alpha value is -1.53. The van der Waals surface area contributed by atoms with Crippen LogP contribution in [0.25, 0.3) is 11.3 Å². The molecule has 0 saturated heterocycles. The maximum Gasteiger partial charge on any atom is 0.259 e. The molecule has 1 aromatic heterocycles. The fraction of sp³-hybridized carbons (Fsp3) is 0.0588. The van der Waals surface area contributed by atoms with Crippen molar-refractivity contribution in [3.05, 3.63) is 63.0 Å². The van der Waals surface area contributed by atoms with Crippen LogP contribution in [0.15, 0.2) is 47.4 Å². The number of rotatable bonds is 2. The van der Waals surface area contributed by atoms with E-state index in [0.717, 1.165) is 21.9 Å². The van der Waals surface area contributed by atoms with E-state index in [1.165, 1.54) is 16.2 Å². The highest BCUT2D eigenvalue weighted by atomic mass is 35.5. The molecule has 0 atom stereocenters. The molecule has 0 saturated carbocycles. The number of thioether (sulfide) groups is 1. The van der Waals surface area contributed by atoms with E-state index in [0.29, 0.717) is 20.7 Å². The summed E-state index contributed by atoms with van der Waals surface area (Å²) in [6.45, 7) is 0. The van der Waals surface area contributed by atoms with Crippen LogP contribution in [0.4, 0.5) is 5.13 Å². The fourth-order valence-corrected chi connectivity index (χ4v) is 4.95. The molecule has 4 rings (SSSR count). The van der Waals surface area contributed by atoms with E-state index in [2.05, 4.69) is 22.4 Å². The molecule has 1 aliphatic rings. The van der Waals surface area contributed by atoms with Gasteiger partial charge in [0.25, 0.3) is 5.91 Å². The maximum atomic E-state index is 12.5. The Morgan fingerprint density at radius 2 is 2.00 bits per heavy atom. The van der Waals surface area contributed by atoms with Crippen LogP contribution in [0.3, 0.4) is 0 Å². The number of thiazole rings is 1. The van der Waals surface area contributed by atoms with Crippen molar-refractivity contribution in [3.8, 4) is 11.3 Å². The molecule has 3 aromatic rings. The van der Waals surface area contributed by atoms with E-state index >= 15 is 0 Å². The largest absolute Gasteiger partial charge is 0.298 e. The Labute approximate surface area is 157 Å². The molecule has 1 amide bonds. The second-order valence-electron chi connectivity index (χ2n) is 5.15. The average molecular weight is 393 g/mol. The van der Waals surface area contributed by atoms with E-state index in [4.69, 9.17) is 23.2 Å². The van der Waals surface area contributed by atoms with E-state index in [1.54, 1.807) is 30.0 Å². The van der Waals surface area contributed by atoms with Crippen LogP contribution in [0.1, 0.15) is 15.2 Å². The molecule has 1 N–H and O–H groups in total. The number of hydrogen-bond acceptors (Lipinski definition) is 4. The van der Waals surface area contributed by atoms with Crippen LogP contribution < -0.4 is 5.32 Å². The Balaban J connectivity index is 1.65. The Kier molecular flexibility index (Phi) is 4.26. The molecular formula is C17H10Cl2N2OS2. The van der Waals surface area contributed by atoms with Gasteiger partial charge in [0, 0.05) is 26.1 Å². The summed E-state index contributed by atoms with van der Waals surface area (Å²) in [5.41, 5.74) is 2.40. The predicted octanol–water partition coefficient (Wildman–Crippen LogP) is 5.97. The number of carbonyl (C=O) groups is 1. The number of fused-ring (bicyclic) bond motifs is 3. The second kappa shape index (κ2) is 6.41. The van der Waals surface area contributed by atoms with Crippen molar-refractivity contribution < 1.29 is 4.79 Å². The van der Waals surface area contributed by atoms with Crippen molar-refractivity contribution in [1.29, 1.82) is 0 Å². The number of anilines is 1. The topological polar surface area (TPSA) is 42.0 Å². The first-order valence-electron chi connectivity index (χ1n) is 7.10. The minimum absolute atomic E-state index is 0.311. The van der Waals surface area contributed by atoms with E-state index in [1.807, 2.05) is 12.1 Å². The van der Waals surface area contributed by atoms with Crippen LogP contribution in [0, 0.1) is 0 Å². The quantitative estimate of drug-likeness (QED) is 0.583. The lowest BCUT2D eigenvalue weighted by Crippen LogP contribution is -2.12. The maximum absolute atomic E-state index is 12.5. The Bertz CT molecular complexity index is 956. The molecule has 3 nitrogen and oxygen atoms in total. The van der Waals surface area contributed by atoms with Gasteiger partial charge >= 0.3 is 0 Å². The van der Waals surface area contributed by atoms with Gasteiger partial charge in [-0.2, -0.15) is 0 Å². The van der Waals surface area contributed by atoms with Crippen molar-refractivity contribution in [3.63, 3.8) is 0 Å². The molecule has 0 spiro atoms. The molecule has 0 aliphatic carbocycles. The number of benzene rings is 2. The van der Waals surface area contributed by atoms with E-state index in [-0.39, 0.29) is 5.91 Å². The molecule has 2 heterocycles. The zero-order valence-electron chi connectivity index (χ0n) is 12.2. The number of nitrogens with zero attached hydrogens (tertiary/aromatic N) is 1. The normalized spacial score (nSPS) is 12.4. The number of nitrogens with one attached hydrogen (secondary N) is 1. The molecule has 1 aliphatic heterocycles. The third kappa shape index (κ3) is 2.93. The lowest BCUT2D eigenvalue weighted by Gasteiger charge is -2.13. The van der Waals surface area contributed by atoms with Gasteiger partial charge < -0.3 is 0 Å². The van der Waals surface area contributed by atoms with Crippen molar-refractivity contribution in [2.24, 2.45) is 0 Å². The zero-order valence-corrected chi connectivity index (χ0v) is 15.3. The summed E-state index contributed by atoms with van der Waals surface area (Å²) >= 11 is 15.3. The predicted molar refractivity (Wildman–Crippen MR) is 102 cm³/mol. The van der Waals surface area contributed by atoms with Crippen molar-refractivity contribution in [2.45, 2.75) is 10.6 Å². The van der Waals surface area contributed by atoms with Gasteiger partial charge in [0.2, 0.25) is 0 Å². The minimum Gasteiger partial charge on any atom is -0.298 e. The van der Waals surface area contributed by atoms with Crippen LogP contribution in [0.2, 0.25) is 10.0 Å². The molecule has 0 bridgehead atoms. The van der Waals surface area contributed by atoms with Crippen LogP contribution in [0.5, 0.6) is 0 Å². The molecule has 7 heteroatoms. The molecule has 0 radical (unpaired) electrons.